The first-order chi connectivity index (χ1) is 9.65. The molecule has 1 aromatic rings. The molecule has 5 heteroatoms. The lowest BCUT2D eigenvalue weighted by Crippen LogP contribution is -2.43. The highest BCUT2D eigenvalue weighted by Gasteiger charge is 2.28. The van der Waals surface area contributed by atoms with Gasteiger partial charge in [-0.05, 0) is 25.0 Å². The predicted molar refractivity (Wildman–Crippen MR) is 83.1 cm³/mol. The summed E-state index contributed by atoms with van der Waals surface area (Å²) in [6.45, 7) is 0.578. The van der Waals surface area contributed by atoms with Crippen LogP contribution < -0.4 is 0 Å². The van der Waals surface area contributed by atoms with Gasteiger partial charge in [-0.3, -0.25) is 4.79 Å². The molecule has 20 heavy (non-hydrogen) atoms. The Morgan fingerprint density at radius 2 is 2.05 bits per heavy atom. The molecule has 1 aliphatic carbocycles. The average Bonchev–Trinajstić information content (AvgIpc) is 2.45. The number of amides is 1. The number of nitrogens with zero attached hydrogens (tertiary/aromatic N) is 1. The van der Waals surface area contributed by atoms with Gasteiger partial charge in [0.1, 0.15) is 5.82 Å². The van der Waals surface area contributed by atoms with Crippen LogP contribution in [0.5, 0.6) is 0 Å². The molecule has 2 rings (SSSR count). The topological polar surface area (TPSA) is 20.3 Å². The molecule has 1 amide bonds. The van der Waals surface area contributed by atoms with E-state index in [4.69, 9.17) is 11.6 Å². The van der Waals surface area contributed by atoms with E-state index in [1.165, 1.54) is 18.6 Å². The molecule has 0 bridgehead atoms. The summed E-state index contributed by atoms with van der Waals surface area (Å²) in [6.07, 6.45) is 5.45. The van der Waals surface area contributed by atoms with Gasteiger partial charge < -0.3 is 4.90 Å². The fraction of sp³-hybridized carbons (Fsp3) is 0.533. The molecule has 0 atom stereocenters. The number of alkyl halides is 1. The number of benzene rings is 1. The van der Waals surface area contributed by atoms with Gasteiger partial charge in [-0.25, -0.2) is 4.39 Å². The van der Waals surface area contributed by atoms with Crippen LogP contribution in [0, 0.1) is 5.82 Å². The highest BCUT2D eigenvalue weighted by molar-refractivity contribution is 9.09. The van der Waals surface area contributed by atoms with Crippen molar-refractivity contribution >= 4 is 33.4 Å². The summed E-state index contributed by atoms with van der Waals surface area (Å²) in [5.41, 5.74) is 0.000639. The van der Waals surface area contributed by atoms with Gasteiger partial charge in [0, 0.05) is 17.9 Å². The second-order valence-electron chi connectivity index (χ2n) is 5.08. The second kappa shape index (κ2) is 7.41. The van der Waals surface area contributed by atoms with Crippen LogP contribution in [0.2, 0.25) is 5.02 Å². The van der Waals surface area contributed by atoms with E-state index in [0.717, 1.165) is 25.7 Å². The van der Waals surface area contributed by atoms with Gasteiger partial charge in [-0.1, -0.05) is 52.9 Å². The highest BCUT2D eigenvalue weighted by atomic mass is 79.9. The Morgan fingerprint density at radius 3 is 2.65 bits per heavy atom. The first-order valence-corrected chi connectivity index (χ1v) is 8.46. The molecule has 0 aliphatic heterocycles. The zero-order valence-electron chi connectivity index (χ0n) is 11.2. The van der Waals surface area contributed by atoms with Gasteiger partial charge >= 0.3 is 0 Å². The Balaban J connectivity index is 2.26. The Bertz CT molecular complexity index is 457. The Labute approximate surface area is 132 Å². The average molecular weight is 363 g/mol. The number of hydrogen-bond acceptors (Lipinski definition) is 1. The van der Waals surface area contributed by atoms with Crippen LogP contribution >= 0.6 is 27.5 Å². The van der Waals surface area contributed by atoms with Gasteiger partial charge in [-0.2, -0.15) is 0 Å². The summed E-state index contributed by atoms with van der Waals surface area (Å²) < 4.78 is 13.9. The molecule has 1 aromatic carbocycles. The lowest BCUT2D eigenvalue weighted by molar-refractivity contribution is 0.0646. The van der Waals surface area contributed by atoms with E-state index in [1.54, 1.807) is 11.0 Å². The number of halogens is 3. The normalized spacial score (nSPS) is 16.1. The molecular weight excluding hydrogens is 345 g/mol. The van der Waals surface area contributed by atoms with E-state index < -0.39 is 5.82 Å². The lowest BCUT2D eigenvalue weighted by Gasteiger charge is -2.34. The molecule has 0 N–H and O–H groups in total. The zero-order chi connectivity index (χ0) is 14.5. The van der Waals surface area contributed by atoms with Crippen molar-refractivity contribution in [1.29, 1.82) is 0 Å². The molecule has 0 spiro atoms. The molecule has 0 radical (unpaired) electrons. The predicted octanol–water partition coefficient (Wildman–Crippen LogP) is 4.65. The van der Waals surface area contributed by atoms with Crippen molar-refractivity contribution in [2.75, 3.05) is 11.9 Å². The molecule has 1 fully saturated rings. The summed E-state index contributed by atoms with van der Waals surface area (Å²) in [6, 6.07) is 4.56. The van der Waals surface area contributed by atoms with Crippen LogP contribution in [0.4, 0.5) is 4.39 Å². The SMILES string of the molecule is O=C(c1c(F)cccc1Cl)N(CCBr)C1CCCCC1. The first-order valence-electron chi connectivity index (χ1n) is 6.96. The van der Waals surface area contributed by atoms with Gasteiger partial charge in [-0.15, -0.1) is 0 Å². The molecule has 0 heterocycles. The lowest BCUT2D eigenvalue weighted by atomic mass is 9.93. The van der Waals surface area contributed by atoms with E-state index in [9.17, 15) is 9.18 Å². The minimum absolute atomic E-state index is 0.000639. The number of carbonyl (C=O) groups is 1. The van der Waals surface area contributed by atoms with Crippen molar-refractivity contribution in [2.45, 2.75) is 38.1 Å². The van der Waals surface area contributed by atoms with Crippen molar-refractivity contribution in [3.63, 3.8) is 0 Å². The van der Waals surface area contributed by atoms with Crippen LogP contribution in [-0.2, 0) is 0 Å². The van der Waals surface area contributed by atoms with Crippen molar-refractivity contribution in [1.82, 2.24) is 4.90 Å². The van der Waals surface area contributed by atoms with E-state index in [1.807, 2.05) is 0 Å². The Kier molecular flexibility index (Phi) is 5.85. The van der Waals surface area contributed by atoms with E-state index >= 15 is 0 Å². The smallest absolute Gasteiger partial charge is 0.258 e. The Morgan fingerprint density at radius 1 is 1.35 bits per heavy atom. The van der Waals surface area contributed by atoms with Crippen LogP contribution in [0.3, 0.4) is 0 Å². The van der Waals surface area contributed by atoms with E-state index in [0.29, 0.717) is 11.9 Å². The van der Waals surface area contributed by atoms with Crippen molar-refractivity contribution in [3.05, 3.63) is 34.6 Å². The van der Waals surface area contributed by atoms with Crippen LogP contribution in [0.15, 0.2) is 18.2 Å². The standard InChI is InChI=1S/C15H18BrClFNO/c16-9-10-19(11-5-2-1-3-6-11)15(20)14-12(17)7-4-8-13(14)18/h4,7-8,11H,1-3,5-6,9-10H2. The number of hydrogen-bond donors (Lipinski definition) is 0. The molecular formula is C15H18BrClFNO. The third kappa shape index (κ3) is 3.53. The van der Waals surface area contributed by atoms with Gasteiger partial charge in [0.2, 0.25) is 0 Å². The van der Waals surface area contributed by atoms with Crippen LogP contribution in [0.1, 0.15) is 42.5 Å². The highest BCUT2D eigenvalue weighted by Crippen LogP contribution is 2.27. The molecule has 0 aromatic heterocycles. The third-order valence-corrected chi connectivity index (χ3v) is 4.45. The van der Waals surface area contributed by atoms with E-state index in [2.05, 4.69) is 15.9 Å². The first kappa shape index (κ1) is 15.8. The maximum Gasteiger partial charge on any atom is 0.258 e. The largest absolute Gasteiger partial charge is 0.335 e. The minimum atomic E-state index is -0.544. The molecule has 2 nitrogen and oxygen atoms in total. The molecule has 0 unspecified atom stereocenters. The van der Waals surface area contributed by atoms with Gasteiger partial charge in [0.05, 0.1) is 10.6 Å². The summed E-state index contributed by atoms with van der Waals surface area (Å²) in [5, 5.41) is 0.867. The van der Waals surface area contributed by atoms with Crippen LogP contribution in [-0.4, -0.2) is 28.7 Å². The van der Waals surface area contributed by atoms with Gasteiger partial charge in [0.15, 0.2) is 0 Å². The number of rotatable bonds is 4. The molecule has 110 valence electrons. The fourth-order valence-electron chi connectivity index (χ4n) is 2.78. The maximum absolute atomic E-state index is 13.9. The summed E-state index contributed by atoms with van der Waals surface area (Å²) in [5.74, 6) is -0.836. The number of carbonyl (C=O) groups excluding carboxylic acids is 1. The zero-order valence-corrected chi connectivity index (χ0v) is 13.6. The Hall–Kier alpha value is -0.610. The van der Waals surface area contributed by atoms with Gasteiger partial charge in [0.25, 0.3) is 5.91 Å². The molecule has 1 aliphatic rings. The molecule has 0 saturated heterocycles. The molecule has 1 saturated carbocycles. The monoisotopic (exact) mass is 361 g/mol. The quantitative estimate of drug-likeness (QED) is 0.714. The summed E-state index contributed by atoms with van der Waals surface area (Å²) >= 11 is 9.38. The van der Waals surface area contributed by atoms with Crippen LogP contribution in [0.25, 0.3) is 0 Å². The van der Waals surface area contributed by atoms with E-state index in [-0.39, 0.29) is 22.5 Å². The summed E-state index contributed by atoms with van der Waals surface area (Å²) in [4.78, 5) is 14.4. The van der Waals surface area contributed by atoms with Crippen molar-refractivity contribution in [2.24, 2.45) is 0 Å². The minimum Gasteiger partial charge on any atom is -0.335 e. The van der Waals surface area contributed by atoms with Crippen molar-refractivity contribution < 1.29 is 9.18 Å². The summed E-state index contributed by atoms with van der Waals surface area (Å²) in [7, 11) is 0. The second-order valence-corrected chi connectivity index (χ2v) is 6.28. The maximum atomic E-state index is 13.9. The third-order valence-electron chi connectivity index (χ3n) is 3.78. The van der Waals surface area contributed by atoms with Crippen molar-refractivity contribution in [3.8, 4) is 0 Å². The fourth-order valence-corrected chi connectivity index (χ4v) is 3.41.